The number of carbonyl (C=O) groups excluding carboxylic acids is 1. The molecule has 1 aromatic heterocycles. The number of hydrogen-bond acceptors (Lipinski definition) is 4. The molecule has 0 bridgehead atoms. The third-order valence-electron chi connectivity index (χ3n) is 2.79. The summed E-state index contributed by atoms with van der Waals surface area (Å²) < 4.78 is 27.7. The molecular weight excluding hydrogens is 366 g/mol. The van der Waals surface area contributed by atoms with Crippen molar-refractivity contribution < 1.29 is 18.5 Å². The molecule has 116 valence electrons. The van der Waals surface area contributed by atoms with Crippen LogP contribution in [-0.2, 0) is 11.3 Å². The molecule has 10 heteroatoms. The highest BCUT2D eigenvalue weighted by Crippen LogP contribution is 2.27. The summed E-state index contributed by atoms with van der Waals surface area (Å²) in [5.74, 6) is -2.62. The quantitative estimate of drug-likeness (QED) is 0.657. The number of hydrogen-bond donors (Lipinski definition) is 1. The lowest BCUT2D eigenvalue weighted by Gasteiger charge is -2.06. The van der Waals surface area contributed by atoms with E-state index in [0.717, 1.165) is 22.9 Å². The van der Waals surface area contributed by atoms with Crippen LogP contribution in [0.1, 0.15) is 5.69 Å². The standard InChI is InChI=1S/C12H9BrF2N4O3/c1-6-11(13)12(19(21)22)17-18(6)5-10(20)16-9-4-7(14)2-3-8(9)15/h2-4H,5H2,1H3,(H,16,20). The Hall–Kier alpha value is -2.36. The fourth-order valence-corrected chi connectivity index (χ4v) is 2.13. The predicted octanol–water partition coefficient (Wildman–Crippen LogP) is 2.78. The molecule has 1 heterocycles. The maximum Gasteiger partial charge on any atom is 0.404 e. The summed E-state index contributed by atoms with van der Waals surface area (Å²) in [7, 11) is 0. The number of nitrogens with zero attached hydrogens (tertiary/aromatic N) is 3. The zero-order chi connectivity index (χ0) is 16.4. The minimum Gasteiger partial charge on any atom is -0.358 e. The summed E-state index contributed by atoms with van der Waals surface area (Å²) in [5.41, 5.74) is 0.0462. The van der Waals surface area contributed by atoms with Crippen molar-refractivity contribution in [2.75, 3.05) is 5.32 Å². The first-order chi connectivity index (χ1) is 10.3. The van der Waals surface area contributed by atoms with E-state index >= 15 is 0 Å². The van der Waals surface area contributed by atoms with Gasteiger partial charge in [0.25, 0.3) is 0 Å². The van der Waals surface area contributed by atoms with Crippen LogP contribution in [0, 0.1) is 28.7 Å². The highest BCUT2D eigenvalue weighted by Gasteiger charge is 2.24. The molecule has 0 saturated carbocycles. The van der Waals surface area contributed by atoms with Crippen molar-refractivity contribution in [3.8, 4) is 0 Å². The minimum atomic E-state index is -0.793. The lowest BCUT2D eigenvalue weighted by atomic mass is 10.3. The molecule has 0 aliphatic heterocycles. The molecule has 0 atom stereocenters. The topological polar surface area (TPSA) is 90.1 Å². The van der Waals surface area contributed by atoms with Crippen molar-refractivity contribution in [2.45, 2.75) is 13.5 Å². The largest absolute Gasteiger partial charge is 0.404 e. The van der Waals surface area contributed by atoms with Crippen molar-refractivity contribution in [3.63, 3.8) is 0 Å². The van der Waals surface area contributed by atoms with E-state index in [1.807, 2.05) is 0 Å². The smallest absolute Gasteiger partial charge is 0.358 e. The molecular formula is C12H9BrF2N4O3. The van der Waals surface area contributed by atoms with Crippen LogP contribution in [0.15, 0.2) is 22.7 Å². The van der Waals surface area contributed by atoms with Crippen LogP contribution < -0.4 is 5.32 Å². The van der Waals surface area contributed by atoms with Crippen molar-refractivity contribution >= 4 is 33.3 Å². The van der Waals surface area contributed by atoms with Crippen LogP contribution in [0.3, 0.4) is 0 Å². The van der Waals surface area contributed by atoms with E-state index in [-0.39, 0.29) is 16.7 Å². The van der Waals surface area contributed by atoms with Crippen molar-refractivity contribution in [1.29, 1.82) is 0 Å². The molecule has 0 fully saturated rings. The number of carbonyl (C=O) groups is 1. The van der Waals surface area contributed by atoms with Gasteiger partial charge in [0.15, 0.2) is 0 Å². The Morgan fingerprint density at radius 2 is 2.18 bits per heavy atom. The van der Waals surface area contributed by atoms with Crippen LogP contribution in [0.2, 0.25) is 0 Å². The Morgan fingerprint density at radius 3 is 2.77 bits per heavy atom. The molecule has 0 radical (unpaired) electrons. The van der Waals surface area contributed by atoms with Gasteiger partial charge in [-0.15, -0.1) is 0 Å². The van der Waals surface area contributed by atoms with E-state index in [2.05, 4.69) is 26.3 Å². The van der Waals surface area contributed by atoms with E-state index < -0.39 is 28.3 Å². The lowest BCUT2D eigenvalue weighted by Crippen LogP contribution is -2.21. The number of nitrogens with one attached hydrogen (secondary N) is 1. The van der Waals surface area contributed by atoms with Crippen LogP contribution in [0.25, 0.3) is 0 Å². The molecule has 22 heavy (non-hydrogen) atoms. The fourth-order valence-electron chi connectivity index (χ4n) is 1.70. The molecule has 1 N–H and O–H groups in total. The molecule has 2 rings (SSSR count). The van der Waals surface area contributed by atoms with Crippen molar-refractivity contribution in [3.05, 3.63) is 50.1 Å². The number of benzene rings is 1. The average Bonchev–Trinajstić information content (AvgIpc) is 2.71. The molecule has 2 aromatic rings. The number of halogens is 3. The fraction of sp³-hybridized carbons (Fsp3) is 0.167. The third kappa shape index (κ3) is 3.27. The Labute approximate surface area is 131 Å². The second kappa shape index (κ2) is 6.18. The van der Waals surface area contributed by atoms with Gasteiger partial charge in [-0.2, -0.15) is 4.68 Å². The van der Waals surface area contributed by atoms with Crippen molar-refractivity contribution in [1.82, 2.24) is 9.78 Å². The summed E-state index contributed by atoms with van der Waals surface area (Å²) in [6.07, 6.45) is 0. The second-order valence-corrected chi connectivity index (χ2v) is 5.10. The van der Waals surface area contributed by atoms with E-state index in [4.69, 9.17) is 0 Å². The number of nitro groups is 1. The zero-order valence-corrected chi connectivity index (χ0v) is 12.7. The van der Waals surface area contributed by atoms with Gasteiger partial charge in [-0.05, 0) is 39.9 Å². The third-order valence-corrected chi connectivity index (χ3v) is 3.71. The highest BCUT2D eigenvalue weighted by atomic mass is 79.9. The Balaban J connectivity index is 2.17. The van der Waals surface area contributed by atoms with E-state index in [1.165, 1.54) is 6.92 Å². The summed E-state index contributed by atoms with van der Waals surface area (Å²) in [4.78, 5) is 21.9. The van der Waals surface area contributed by atoms with Gasteiger partial charge < -0.3 is 15.4 Å². The van der Waals surface area contributed by atoms with Gasteiger partial charge in [0.05, 0.1) is 16.5 Å². The van der Waals surface area contributed by atoms with Crippen LogP contribution in [0.4, 0.5) is 20.3 Å². The number of amides is 1. The first kappa shape index (κ1) is 16.0. The van der Waals surface area contributed by atoms with Gasteiger partial charge in [0.1, 0.15) is 22.7 Å². The van der Waals surface area contributed by atoms with E-state index in [9.17, 15) is 23.7 Å². The zero-order valence-electron chi connectivity index (χ0n) is 11.1. The molecule has 1 amide bonds. The van der Waals surface area contributed by atoms with Crippen LogP contribution >= 0.6 is 15.9 Å². The molecule has 0 spiro atoms. The predicted molar refractivity (Wildman–Crippen MR) is 76.3 cm³/mol. The Morgan fingerprint density at radius 1 is 1.50 bits per heavy atom. The molecule has 7 nitrogen and oxygen atoms in total. The highest BCUT2D eigenvalue weighted by molar-refractivity contribution is 9.10. The van der Waals surface area contributed by atoms with Gasteiger partial charge in [0.2, 0.25) is 5.91 Å². The van der Waals surface area contributed by atoms with Gasteiger partial charge in [-0.3, -0.25) is 4.79 Å². The summed E-state index contributed by atoms with van der Waals surface area (Å²) in [6, 6.07) is 2.64. The Bertz CT molecular complexity index is 763. The SMILES string of the molecule is Cc1c(Br)c([N+](=O)[O-])nn1CC(=O)Nc1cc(F)ccc1F. The van der Waals surface area contributed by atoms with E-state index in [0.29, 0.717) is 5.69 Å². The monoisotopic (exact) mass is 374 g/mol. The molecule has 0 unspecified atom stereocenters. The van der Waals surface area contributed by atoms with Crippen molar-refractivity contribution in [2.24, 2.45) is 0 Å². The maximum absolute atomic E-state index is 13.4. The molecule has 1 aromatic carbocycles. The second-order valence-electron chi connectivity index (χ2n) is 4.31. The first-order valence-corrected chi connectivity index (χ1v) is 6.71. The lowest BCUT2D eigenvalue weighted by molar-refractivity contribution is -0.390. The normalized spacial score (nSPS) is 10.5. The molecule has 0 aliphatic rings. The summed E-state index contributed by atoms with van der Waals surface area (Å²) in [6.45, 7) is 1.15. The summed E-state index contributed by atoms with van der Waals surface area (Å²) >= 11 is 3.01. The number of rotatable bonds is 4. The van der Waals surface area contributed by atoms with E-state index in [1.54, 1.807) is 0 Å². The number of anilines is 1. The Kier molecular flexibility index (Phi) is 4.50. The van der Waals surface area contributed by atoms with Crippen LogP contribution in [0.5, 0.6) is 0 Å². The van der Waals surface area contributed by atoms with Crippen LogP contribution in [-0.4, -0.2) is 20.6 Å². The molecule has 0 saturated heterocycles. The summed E-state index contributed by atoms with van der Waals surface area (Å²) in [5, 5.41) is 16.6. The number of aromatic nitrogens is 2. The van der Waals surface area contributed by atoms with Gasteiger partial charge in [-0.25, -0.2) is 8.78 Å². The van der Waals surface area contributed by atoms with Gasteiger partial charge in [0, 0.05) is 6.07 Å². The van der Waals surface area contributed by atoms with Gasteiger partial charge >= 0.3 is 5.82 Å². The first-order valence-electron chi connectivity index (χ1n) is 5.91. The maximum atomic E-state index is 13.4. The van der Waals surface area contributed by atoms with Gasteiger partial charge in [-0.1, -0.05) is 0 Å². The average molecular weight is 375 g/mol. The molecule has 0 aliphatic carbocycles. The minimum absolute atomic E-state index is 0.155.